The molecule has 11 rings (SSSR count). The summed E-state index contributed by atoms with van der Waals surface area (Å²) in [5.74, 6) is 0. The van der Waals surface area contributed by atoms with E-state index in [0.29, 0.717) is 0 Å². The van der Waals surface area contributed by atoms with Crippen molar-refractivity contribution in [3.05, 3.63) is 150 Å². The molecule has 2 aliphatic heterocycles. The first-order valence-electron chi connectivity index (χ1n) is 17.5. The molecule has 3 aliphatic rings. The molecule has 1 N–H and O–H groups in total. The maximum atomic E-state index is 3.91. The number of aromatic nitrogens is 1. The molecule has 0 atom stereocenters. The van der Waals surface area contributed by atoms with Crippen LogP contribution < -0.4 is 15.8 Å². The van der Waals surface area contributed by atoms with Crippen LogP contribution in [0.3, 0.4) is 0 Å². The van der Waals surface area contributed by atoms with Crippen molar-refractivity contribution in [2.24, 2.45) is 0 Å². The van der Waals surface area contributed by atoms with Gasteiger partial charge in [0.25, 0.3) is 0 Å². The number of aromatic amines is 1. The monoisotopic (exact) mass is 625 g/mol. The highest BCUT2D eigenvalue weighted by molar-refractivity contribution is 6.73. The van der Waals surface area contributed by atoms with Crippen molar-refractivity contribution < 1.29 is 0 Å². The third-order valence-corrected chi connectivity index (χ3v) is 12.0. The van der Waals surface area contributed by atoms with Crippen LogP contribution in [0.1, 0.15) is 49.9 Å². The lowest BCUT2D eigenvalue weighted by atomic mass is 9.54. The first kappa shape index (κ1) is 27.4. The van der Waals surface area contributed by atoms with E-state index in [1.165, 1.54) is 105 Å². The minimum atomic E-state index is -0.177. The van der Waals surface area contributed by atoms with Crippen molar-refractivity contribution in [1.82, 2.24) is 4.98 Å². The van der Waals surface area contributed by atoms with Crippen molar-refractivity contribution in [3.8, 4) is 22.3 Å². The van der Waals surface area contributed by atoms with Gasteiger partial charge in [-0.15, -0.1) is 0 Å². The lowest BCUT2D eigenvalue weighted by molar-refractivity contribution is 0.630. The zero-order valence-corrected chi connectivity index (χ0v) is 28.1. The van der Waals surface area contributed by atoms with E-state index in [9.17, 15) is 0 Å². The molecule has 0 unspecified atom stereocenters. The van der Waals surface area contributed by atoms with Gasteiger partial charge in [0.05, 0.1) is 11.2 Å². The molecule has 8 aromatic rings. The average molecular weight is 626 g/mol. The fraction of sp³-hybridized carbons (Fsp3) is 0.130. The number of nitrogens with one attached hydrogen (secondary N) is 1. The number of hydrogen-bond donors (Lipinski definition) is 1. The number of hydrogen-bond acceptors (Lipinski definition) is 1. The smallest absolute Gasteiger partial charge is 0.197 e. The van der Waals surface area contributed by atoms with Crippen LogP contribution in [0.5, 0.6) is 0 Å². The van der Waals surface area contributed by atoms with Crippen molar-refractivity contribution in [2.45, 2.75) is 38.5 Å². The zero-order chi connectivity index (χ0) is 32.8. The van der Waals surface area contributed by atoms with Gasteiger partial charge in [0.1, 0.15) is 0 Å². The molecule has 0 amide bonds. The van der Waals surface area contributed by atoms with Crippen LogP contribution in [0, 0.1) is 0 Å². The predicted octanol–water partition coefficient (Wildman–Crippen LogP) is 10.5. The van der Waals surface area contributed by atoms with Gasteiger partial charge in [0.15, 0.2) is 7.28 Å². The molecule has 2 nitrogen and oxygen atoms in total. The highest BCUT2D eigenvalue weighted by Crippen LogP contribution is 2.59. The molecule has 231 valence electrons. The van der Waals surface area contributed by atoms with Crippen molar-refractivity contribution >= 4 is 67.8 Å². The Hall–Kier alpha value is -5.54. The van der Waals surface area contributed by atoms with E-state index in [-0.39, 0.29) is 10.8 Å². The van der Waals surface area contributed by atoms with Gasteiger partial charge in [0, 0.05) is 44.1 Å². The van der Waals surface area contributed by atoms with Crippen molar-refractivity contribution in [2.75, 3.05) is 4.90 Å². The van der Waals surface area contributed by atoms with Crippen molar-refractivity contribution in [1.29, 1.82) is 0 Å². The Bertz CT molecular complexity index is 2760. The molecule has 0 spiro atoms. The minimum Gasteiger partial charge on any atom is -0.354 e. The fourth-order valence-electron chi connectivity index (χ4n) is 9.65. The molecule has 3 heteroatoms. The van der Waals surface area contributed by atoms with E-state index >= 15 is 0 Å². The van der Waals surface area contributed by atoms with Gasteiger partial charge >= 0.3 is 0 Å². The number of para-hydroxylation sites is 3. The number of rotatable bonds is 1. The van der Waals surface area contributed by atoms with Gasteiger partial charge in [-0.3, -0.25) is 0 Å². The van der Waals surface area contributed by atoms with E-state index in [4.69, 9.17) is 0 Å². The molecular weight excluding hydrogens is 591 g/mol. The summed E-state index contributed by atoms with van der Waals surface area (Å²) in [6.07, 6.45) is 0. The van der Waals surface area contributed by atoms with Crippen molar-refractivity contribution in [3.63, 3.8) is 0 Å². The number of fused-ring (bicyclic) bond motifs is 12. The van der Waals surface area contributed by atoms with Crippen LogP contribution >= 0.6 is 0 Å². The zero-order valence-electron chi connectivity index (χ0n) is 28.1. The second-order valence-corrected chi connectivity index (χ2v) is 15.2. The standard InChI is InChI=1S/C46H34BN2/c1-45(2)35-19-9-10-22-39(35)49-43-36(45)20-12-21-37(43)47-41-33(25-32-28-15-7-8-18-34(28)46(3,4)40(32)44(41)49)30-17-11-16-29-31-23-26-13-5-6-14-27(26)24-38(31)48-42(29)30/h5-25,48H,1-4H3. The SMILES string of the molecule is CC1(C)c2ccccc2N2c3c(cccc31)[B]c1c(-c3cccc4c3[nH]c3cc5ccccc5cc34)cc3c(c12)C(C)(C)c1ccccc1-3. The van der Waals surface area contributed by atoms with Gasteiger partial charge in [-0.25, -0.2) is 0 Å². The van der Waals surface area contributed by atoms with Crippen LogP contribution in [-0.2, 0) is 10.8 Å². The molecule has 1 radical (unpaired) electrons. The Morgan fingerprint density at radius 2 is 1.22 bits per heavy atom. The summed E-state index contributed by atoms with van der Waals surface area (Å²) < 4.78 is 0. The topological polar surface area (TPSA) is 19.0 Å². The molecule has 7 aromatic carbocycles. The van der Waals surface area contributed by atoms with E-state index < -0.39 is 0 Å². The Balaban J connectivity index is 1.29. The molecular formula is C46H34BN2. The molecule has 3 heterocycles. The summed E-state index contributed by atoms with van der Waals surface area (Å²) in [6.45, 7) is 9.60. The van der Waals surface area contributed by atoms with Crippen LogP contribution in [0.4, 0.5) is 17.1 Å². The van der Waals surface area contributed by atoms with Gasteiger partial charge in [-0.2, -0.15) is 0 Å². The Morgan fingerprint density at radius 1 is 0.531 bits per heavy atom. The first-order chi connectivity index (χ1) is 23.8. The summed E-state index contributed by atoms with van der Waals surface area (Å²) in [6, 6.07) is 47.7. The van der Waals surface area contributed by atoms with Crippen LogP contribution in [0.2, 0.25) is 0 Å². The summed E-state index contributed by atoms with van der Waals surface area (Å²) in [5, 5.41) is 5.05. The lowest BCUT2D eigenvalue weighted by Crippen LogP contribution is -2.46. The Morgan fingerprint density at radius 3 is 2.08 bits per heavy atom. The van der Waals surface area contributed by atoms with Gasteiger partial charge in [0.2, 0.25) is 0 Å². The van der Waals surface area contributed by atoms with Crippen LogP contribution in [0.15, 0.2) is 127 Å². The molecule has 49 heavy (non-hydrogen) atoms. The number of anilines is 3. The lowest BCUT2D eigenvalue weighted by Gasteiger charge is -2.47. The molecule has 0 bridgehead atoms. The average Bonchev–Trinajstić information content (AvgIpc) is 3.59. The third-order valence-electron chi connectivity index (χ3n) is 12.0. The predicted molar refractivity (Wildman–Crippen MR) is 208 cm³/mol. The van der Waals surface area contributed by atoms with Gasteiger partial charge < -0.3 is 9.88 Å². The molecule has 0 saturated carbocycles. The fourth-order valence-corrected chi connectivity index (χ4v) is 9.65. The molecule has 0 saturated heterocycles. The quantitative estimate of drug-likeness (QED) is 0.180. The normalized spacial score (nSPS) is 15.8. The largest absolute Gasteiger partial charge is 0.354 e. The van der Waals surface area contributed by atoms with E-state index in [1.54, 1.807) is 0 Å². The first-order valence-corrected chi connectivity index (χ1v) is 17.5. The highest BCUT2D eigenvalue weighted by atomic mass is 15.2. The Labute approximate surface area is 287 Å². The van der Waals surface area contributed by atoms with Gasteiger partial charge in [-0.05, 0) is 79.4 Å². The van der Waals surface area contributed by atoms with Gasteiger partial charge in [-0.1, -0.05) is 136 Å². The minimum absolute atomic E-state index is 0.122. The number of H-pyrrole nitrogens is 1. The third kappa shape index (κ3) is 3.38. The van der Waals surface area contributed by atoms with E-state index in [1.807, 2.05) is 0 Å². The summed E-state index contributed by atoms with van der Waals surface area (Å²) >= 11 is 0. The summed E-state index contributed by atoms with van der Waals surface area (Å²) in [7, 11) is 2.49. The summed E-state index contributed by atoms with van der Waals surface area (Å²) in [5.41, 5.74) is 19.3. The highest BCUT2D eigenvalue weighted by Gasteiger charge is 2.46. The maximum absolute atomic E-state index is 3.91. The molecule has 1 aromatic heterocycles. The molecule has 0 fully saturated rings. The van der Waals surface area contributed by atoms with E-state index in [2.05, 4.69) is 172 Å². The Kier molecular flexibility index (Phi) is 5.10. The summed E-state index contributed by atoms with van der Waals surface area (Å²) in [4.78, 5) is 6.54. The second-order valence-electron chi connectivity index (χ2n) is 15.2. The molecule has 1 aliphatic carbocycles. The van der Waals surface area contributed by atoms with Crippen LogP contribution in [-0.4, -0.2) is 12.3 Å². The van der Waals surface area contributed by atoms with E-state index in [0.717, 1.165) is 0 Å². The maximum Gasteiger partial charge on any atom is 0.197 e. The number of benzene rings is 7. The second kappa shape index (κ2) is 9.12. The van der Waals surface area contributed by atoms with Crippen LogP contribution in [0.25, 0.3) is 54.8 Å². The number of nitrogens with zero attached hydrogens (tertiary/aromatic N) is 1.